The lowest BCUT2D eigenvalue weighted by Crippen LogP contribution is -2.58. The van der Waals surface area contributed by atoms with Gasteiger partial charge in [0.15, 0.2) is 0 Å². The lowest BCUT2D eigenvalue weighted by atomic mass is 10.0. The maximum atomic E-state index is 14.6. The lowest BCUT2D eigenvalue weighted by molar-refractivity contribution is -0.141. The second-order valence-electron chi connectivity index (χ2n) is 17.1. The number of amides is 4. The number of carbonyl (C=O) groups excluding carboxylic acids is 4. The number of ether oxygens (including phenoxy) is 2. The van der Waals surface area contributed by atoms with Crippen molar-refractivity contribution >= 4 is 45.1 Å². The quantitative estimate of drug-likeness (QED) is 0.259. The average Bonchev–Trinajstić information content (AvgIpc) is 3.45. The number of hydrogen-bond acceptors (Lipinski definition) is 9. The van der Waals surface area contributed by atoms with Gasteiger partial charge in [0.05, 0.1) is 12.1 Å². The van der Waals surface area contributed by atoms with Gasteiger partial charge in [-0.2, -0.15) is 17.7 Å². The largest absolute Gasteiger partial charge is 0.459 e. The van der Waals surface area contributed by atoms with Crippen LogP contribution in [0.1, 0.15) is 91.2 Å². The smallest absolute Gasteiger partial charge is 0.408 e. The highest BCUT2D eigenvalue weighted by Gasteiger charge is 2.62. The third-order valence-corrected chi connectivity index (χ3v) is 12.2. The van der Waals surface area contributed by atoms with Crippen molar-refractivity contribution in [1.29, 1.82) is 0 Å². The Hall–Kier alpha value is -4.96. The summed E-state index contributed by atoms with van der Waals surface area (Å²) in [5.74, 6) is -2.47. The van der Waals surface area contributed by atoms with Crippen molar-refractivity contribution < 1.29 is 37.1 Å². The van der Waals surface area contributed by atoms with Crippen molar-refractivity contribution in [3.63, 3.8) is 0 Å². The van der Waals surface area contributed by atoms with Crippen LogP contribution in [-0.4, -0.2) is 101 Å². The molecule has 3 aliphatic rings. The third kappa shape index (κ3) is 9.33. The monoisotopic (exact) mass is 819 g/mol. The van der Waals surface area contributed by atoms with Crippen LogP contribution in [0.15, 0.2) is 54.6 Å². The minimum Gasteiger partial charge on any atom is -0.459 e. The maximum absolute atomic E-state index is 14.6. The molecule has 3 N–H and O–H groups in total. The molecule has 1 saturated heterocycles. The Bertz CT molecular complexity index is 2190. The number of nitrogens with zero attached hydrogens (tertiary/aromatic N) is 4. The number of imidazole rings is 1. The number of nitrogens with one attached hydrogen (secondary N) is 3. The highest BCUT2D eigenvalue weighted by Crippen LogP contribution is 2.46. The molecule has 6 rings (SSSR count). The minimum absolute atomic E-state index is 0.0208. The average molecular weight is 820 g/mol. The first kappa shape index (κ1) is 42.6. The summed E-state index contributed by atoms with van der Waals surface area (Å²) in [4.78, 5) is 62.4. The lowest BCUT2D eigenvalue weighted by Gasteiger charge is -2.30. The fraction of sp³-hybridized carbons (Fsp3) is 0.548. The molecule has 5 atom stereocenters. The standard InChI is InChI=1S/C42H57N7O8S/c1-26(2)49-33-21-15-19-31(28-17-14-16-27(3)22-28)35(33)44-39(49)56-30-23-34-36(50)45-42(38(52)46-58(54,55)47(7)8)24-29(42)18-12-10-9-11-13-20-32(37(51)48(34)25-30)43-40(53)57-41(4,5)6/h12,14-19,21-22,26,29-30,32,34H,9-11,13,20,23-25H2,1-8H3,(H,43,53)(H,45,50)(H,46,52)/b18-12-/t29-,30+,32-,34-,42+/m0/s1. The van der Waals surface area contributed by atoms with Gasteiger partial charge in [0.1, 0.15) is 34.8 Å². The van der Waals surface area contributed by atoms with Crippen LogP contribution in [-0.2, 0) is 29.3 Å². The number of hydrogen-bond donors (Lipinski definition) is 3. The van der Waals surface area contributed by atoms with Gasteiger partial charge in [-0.15, -0.1) is 0 Å². The zero-order valence-electron chi connectivity index (χ0n) is 34.7. The van der Waals surface area contributed by atoms with E-state index in [1.165, 1.54) is 19.0 Å². The van der Waals surface area contributed by atoms with E-state index in [1.54, 1.807) is 20.8 Å². The first-order chi connectivity index (χ1) is 27.3. The first-order valence-electron chi connectivity index (χ1n) is 20.1. The van der Waals surface area contributed by atoms with Crippen molar-refractivity contribution in [2.45, 2.75) is 122 Å². The zero-order valence-corrected chi connectivity index (χ0v) is 35.5. The van der Waals surface area contributed by atoms with Gasteiger partial charge in [0.25, 0.3) is 11.9 Å². The van der Waals surface area contributed by atoms with Gasteiger partial charge in [0.2, 0.25) is 11.8 Å². The molecule has 0 bridgehead atoms. The van der Waals surface area contributed by atoms with E-state index in [9.17, 15) is 27.6 Å². The van der Waals surface area contributed by atoms with E-state index in [-0.39, 0.29) is 25.4 Å². The summed E-state index contributed by atoms with van der Waals surface area (Å²) >= 11 is 0. The maximum Gasteiger partial charge on any atom is 0.408 e. The molecular formula is C42H57N7O8S. The molecule has 3 aromatic rings. The molecule has 0 spiro atoms. The van der Waals surface area contributed by atoms with Crippen molar-refractivity contribution in [3.05, 3.63) is 60.2 Å². The van der Waals surface area contributed by atoms with E-state index in [0.29, 0.717) is 25.3 Å². The van der Waals surface area contributed by atoms with Crippen molar-refractivity contribution in [3.8, 4) is 17.1 Å². The summed E-state index contributed by atoms with van der Waals surface area (Å²) in [5, 5.41) is 5.64. The predicted molar refractivity (Wildman–Crippen MR) is 220 cm³/mol. The number of alkyl carbamates (subject to hydrolysis) is 1. The molecular weight excluding hydrogens is 763 g/mol. The fourth-order valence-electron chi connectivity index (χ4n) is 7.79. The van der Waals surface area contributed by atoms with Crippen LogP contribution >= 0.6 is 0 Å². The summed E-state index contributed by atoms with van der Waals surface area (Å²) in [5.41, 5.74) is 2.28. The summed E-state index contributed by atoms with van der Waals surface area (Å²) in [6.07, 6.45) is 5.66. The van der Waals surface area contributed by atoms with Gasteiger partial charge < -0.3 is 25.0 Å². The number of aromatic nitrogens is 2. The van der Waals surface area contributed by atoms with Crippen LogP contribution in [0, 0.1) is 12.8 Å². The number of benzene rings is 2. The van der Waals surface area contributed by atoms with Crippen LogP contribution < -0.4 is 20.1 Å². The number of fused-ring (bicyclic) bond motifs is 3. The van der Waals surface area contributed by atoms with E-state index < -0.39 is 69.3 Å². The second-order valence-corrected chi connectivity index (χ2v) is 19.0. The molecule has 2 aromatic carbocycles. The molecule has 4 amide bonds. The highest BCUT2D eigenvalue weighted by molar-refractivity contribution is 7.87. The van der Waals surface area contributed by atoms with Crippen molar-refractivity contribution in [2.75, 3.05) is 20.6 Å². The number of aryl methyl sites for hydroxylation is 1. The molecule has 16 heteroatoms. The summed E-state index contributed by atoms with van der Waals surface area (Å²) < 4.78 is 42.8. The molecule has 58 heavy (non-hydrogen) atoms. The topological polar surface area (TPSA) is 181 Å². The Balaban J connectivity index is 1.36. The molecule has 2 aliphatic heterocycles. The Morgan fingerprint density at radius 3 is 2.50 bits per heavy atom. The van der Waals surface area contributed by atoms with Gasteiger partial charge in [-0.1, -0.05) is 67.0 Å². The molecule has 0 radical (unpaired) electrons. The van der Waals surface area contributed by atoms with Gasteiger partial charge in [-0.05, 0) is 78.9 Å². The molecule has 1 aliphatic carbocycles. The first-order valence-corrected chi connectivity index (χ1v) is 21.5. The van der Waals surface area contributed by atoms with Crippen LogP contribution in [0.4, 0.5) is 4.79 Å². The normalized spacial score (nSPS) is 25.0. The highest BCUT2D eigenvalue weighted by atomic mass is 32.2. The van der Waals surface area contributed by atoms with E-state index in [4.69, 9.17) is 14.5 Å². The molecule has 15 nitrogen and oxygen atoms in total. The second kappa shape index (κ2) is 16.7. The van der Waals surface area contributed by atoms with E-state index >= 15 is 0 Å². The molecule has 0 unspecified atom stereocenters. The Labute approximate surface area is 341 Å². The number of para-hydroxylation sites is 1. The zero-order chi connectivity index (χ0) is 42.2. The molecule has 3 heterocycles. The Morgan fingerprint density at radius 1 is 1.07 bits per heavy atom. The van der Waals surface area contributed by atoms with E-state index in [1.807, 2.05) is 73.9 Å². The van der Waals surface area contributed by atoms with Gasteiger partial charge in [0, 0.05) is 38.0 Å². The van der Waals surface area contributed by atoms with Crippen molar-refractivity contribution in [2.24, 2.45) is 5.92 Å². The predicted octanol–water partition coefficient (Wildman–Crippen LogP) is 5.15. The van der Waals surface area contributed by atoms with E-state index in [0.717, 1.165) is 44.9 Å². The van der Waals surface area contributed by atoms with Crippen LogP contribution in [0.25, 0.3) is 22.2 Å². The third-order valence-electron chi connectivity index (χ3n) is 10.8. The number of rotatable bonds is 8. The van der Waals surface area contributed by atoms with Crippen LogP contribution in [0.2, 0.25) is 0 Å². The molecule has 1 aromatic heterocycles. The van der Waals surface area contributed by atoms with Gasteiger partial charge in [-0.25, -0.2) is 9.52 Å². The van der Waals surface area contributed by atoms with Crippen LogP contribution in [0.5, 0.6) is 6.01 Å². The Kier molecular flexibility index (Phi) is 12.3. The minimum atomic E-state index is -4.18. The van der Waals surface area contributed by atoms with Gasteiger partial charge in [-0.3, -0.25) is 19.0 Å². The summed E-state index contributed by atoms with van der Waals surface area (Å²) in [6.45, 7) is 11.3. The summed E-state index contributed by atoms with van der Waals surface area (Å²) in [7, 11) is -1.58. The molecule has 2 fully saturated rings. The Morgan fingerprint density at radius 2 is 1.81 bits per heavy atom. The SMILES string of the molecule is Cc1cccc(-c2cccc3c2nc(O[C@@H]2C[C@H]4C(=O)N[C@]5(C(=O)NS(=O)(=O)N(C)C)C[C@@H]5/C=C\CCCCC[C@H](NC(=O)OC(C)(C)C)C(=O)N4C2)n3C(C)C)c1. The van der Waals surface area contributed by atoms with E-state index in [2.05, 4.69) is 21.4 Å². The van der Waals surface area contributed by atoms with Crippen LogP contribution in [0.3, 0.4) is 0 Å². The number of allylic oxidation sites excluding steroid dienone is 1. The summed E-state index contributed by atoms with van der Waals surface area (Å²) in [6, 6.07) is 12.3. The van der Waals surface area contributed by atoms with Crippen molar-refractivity contribution in [1.82, 2.24) is 34.1 Å². The fourth-order valence-corrected chi connectivity index (χ4v) is 8.39. The van der Waals surface area contributed by atoms with Gasteiger partial charge >= 0.3 is 16.3 Å². The number of carbonyl (C=O) groups is 4. The molecule has 1 saturated carbocycles. The molecule has 314 valence electrons.